The monoisotopic (exact) mass is 345 g/mol. The number of halogens is 3. The lowest BCUT2D eigenvalue weighted by molar-refractivity contribution is 0.216. The van der Waals surface area contributed by atoms with Crippen molar-refractivity contribution in [1.82, 2.24) is 0 Å². The zero-order chi connectivity index (χ0) is 15.2. The normalized spacial score (nSPS) is 10.5. The first-order chi connectivity index (χ1) is 10.1. The Bertz CT molecular complexity index is 597. The first kappa shape index (κ1) is 16.2. The van der Waals surface area contributed by atoms with Gasteiger partial charge in [0, 0.05) is 17.1 Å². The maximum absolute atomic E-state index is 6.03. The molecule has 2 N–H and O–H groups in total. The molecule has 0 aliphatic carbocycles. The molecular weight excluding hydrogens is 333 g/mol. The number of rotatable bonds is 6. The number of benzene rings is 2. The minimum atomic E-state index is 0.306. The second-order valence-electron chi connectivity index (χ2n) is 4.21. The highest BCUT2D eigenvalue weighted by Crippen LogP contribution is 2.35. The summed E-state index contributed by atoms with van der Waals surface area (Å²) in [4.78, 5) is 0. The number of para-hydroxylation sites is 1. The second-order valence-corrected chi connectivity index (χ2v) is 5.46. The Morgan fingerprint density at radius 3 is 2.19 bits per heavy atom. The molecule has 3 nitrogen and oxygen atoms in total. The quantitative estimate of drug-likeness (QED) is 0.780. The van der Waals surface area contributed by atoms with E-state index in [1.807, 2.05) is 24.3 Å². The van der Waals surface area contributed by atoms with Crippen molar-refractivity contribution in [2.75, 3.05) is 13.2 Å². The van der Waals surface area contributed by atoms with Gasteiger partial charge in [0.1, 0.15) is 19.0 Å². The molecule has 0 aromatic heterocycles. The lowest BCUT2D eigenvalue weighted by Gasteiger charge is -2.12. The molecular formula is C15H14Cl3NO2. The molecule has 2 aromatic carbocycles. The van der Waals surface area contributed by atoms with Gasteiger partial charge >= 0.3 is 0 Å². The molecule has 0 saturated carbocycles. The van der Waals surface area contributed by atoms with Crippen molar-refractivity contribution in [2.24, 2.45) is 5.73 Å². The first-order valence-corrected chi connectivity index (χ1v) is 7.43. The van der Waals surface area contributed by atoms with Crippen molar-refractivity contribution in [1.29, 1.82) is 0 Å². The van der Waals surface area contributed by atoms with Gasteiger partial charge in [0.2, 0.25) is 0 Å². The van der Waals surface area contributed by atoms with Gasteiger partial charge in [-0.3, -0.25) is 0 Å². The standard InChI is InChI=1S/C15H14Cl3NO2/c16-11-7-12(17)15(13(18)8-11)21-6-5-20-14-4-2-1-3-10(14)9-19/h1-4,7-8H,5-6,9,19H2. The Morgan fingerprint density at radius 2 is 1.52 bits per heavy atom. The Morgan fingerprint density at radius 1 is 0.905 bits per heavy atom. The Hall–Kier alpha value is -1.13. The van der Waals surface area contributed by atoms with E-state index in [1.54, 1.807) is 12.1 Å². The molecule has 0 saturated heterocycles. The fourth-order valence-electron chi connectivity index (χ4n) is 1.78. The molecule has 0 unspecified atom stereocenters. The maximum atomic E-state index is 6.03. The van der Waals surface area contributed by atoms with E-state index in [4.69, 9.17) is 50.0 Å². The van der Waals surface area contributed by atoms with Crippen LogP contribution in [0.3, 0.4) is 0 Å². The number of hydrogen-bond acceptors (Lipinski definition) is 3. The van der Waals surface area contributed by atoms with Crippen LogP contribution in [0, 0.1) is 0 Å². The van der Waals surface area contributed by atoms with Gasteiger partial charge in [0.25, 0.3) is 0 Å². The van der Waals surface area contributed by atoms with Crippen LogP contribution in [0.2, 0.25) is 15.1 Å². The van der Waals surface area contributed by atoms with Crippen molar-refractivity contribution >= 4 is 34.8 Å². The lowest BCUT2D eigenvalue weighted by atomic mass is 10.2. The molecule has 2 rings (SSSR count). The largest absolute Gasteiger partial charge is 0.490 e. The van der Waals surface area contributed by atoms with Crippen LogP contribution in [0.1, 0.15) is 5.56 Å². The van der Waals surface area contributed by atoms with E-state index < -0.39 is 0 Å². The number of nitrogens with two attached hydrogens (primary N) is 1. The van der Waals surface area contributed by atoms with E-state index in [2.05, 4.69) is 0 Å². The van der Waals surface area contributed by atoms with Crippen LogP contribution in [-0.2, 0) is 6.54 Å². The van der Waals surface area contributed by atoms with Crippen LogP contribution < -0.4 is 15.2 Å². The molecule has 0 radical (unpaired) electrons. The van der Waals surface area contributed by atoms with Gasteiger partial charge in [-0.15, -0.1) is 0 Å². The topological polar surface area (TPSA) is 44.5 Å². The summed E-state index contributed by atoms with van der Waals surface area (Å²) in [6, 6.07) is 10.7. The van der Waals surface area contributed by atoms with E-state index >= 15 is 0 Å². The molecule has 112 valence electrons. The SMILES string of the molecule is NCc1ccccc1OCCOc1c(Cl)cc(Cl)cc1Cl. The highest BCUT2D eigenvalue weighted by Gasteiger charge is 2.09. The molecule has 0 atom stereocenters. The zero-order valence-electron chi connectivity index (χ0n) is 11.1. The second kappa shape index (κ2) is 7.76. The predicted octanol–water partition coefficient (Wildman–Crippen LogP) is 4.56. The van der Waals surface area contributed by atoms with Crippen LogP contribution in [0.5, 0.6) is 11.5 Å². The van der Waals surface area contributed by atoms with Gasteiger partial charge in [-0.05, 0) is 18.2 Å². The fraction of sp³-hybridized carbons (Fsp3) is 0.200. The Labute approximate surface area is 138 Å². The maximum Gasteiger partial charge on any atom is 0.156 e. The minimum Gasteiger partial charge on any atom is -0.490 e. The van der Waals surface area contributed by atoms with E-state index in [0.29, 0.717) is 40.6 Å². The van der Waals surface area contributed by atoms with Gasteiger partial charge in [-0.25, -0.2) is 0 Å². The third-order valence-corrected chi connectivity index (χ3v) is 3.52. The highest BCUT2D eigenvalue weighted by atomic mass is 35.5. The first-order valence-electron chi connectivity index (χ1n) is 6.30. The van der Waals surface area contributed by atoms with E-state index in [1.165, 1.54) is 0 Å². The van der Waals surface area contributed by atoms with Crippen LogP contribution in [0.4, 0.5) is 0 Å². The average molecular weight is 347 g/mol. The molecule has 0 fully saturated rings. The van der Waals surface area contributed by atoms with Gasteiger partial charge < -0.3 is 15.2 Å². The predicted molar refractivity (Wildman–Crippen MR) is 86.8 cm³/mol. The molecule has 0 bridgehead atoms. The molecule has 6 heteroatoms. The average Bonchev–Trinajstić information content (AvgIpc) is 2.45. The molecule has 0 aliphatic rings. The van der Waals surface area contributed by atoms with Gasteiger partial charge in [-0.2, -0.15) is 0 Å². The van der Waals surface area contributed by atoms with Gasteiger partial charge in [-0.1, -0.05) is 53.0 Å². The minimum absolute atomic E-state index is 0.306. The summed E-state index contributed by atoms with van der Waals surface area (Å²) >= 11 is 17.9. The van der Waals surface area contributed by atoms with Crippen molar-refractivity contribution in [3.63, 3.8) is 0 Å². The zero-order valence-corrected chi connectivity index (χ0v) is 13.4. The molecule has 0 aliphatic heterocycles. The molecule has 0 amide bonds. The lowest BCUT2D eigenvalue weighted by Crippen LogP contribution is -2.11. The third kappa shape index (κ3) is 4.42. The van der Waals surface area contributed by atoms with Gasteiger partial charge in [0.15, 0.2) is 5.75 Å². The summed E-state index contributed by atoms with van der Waals surface area (Å²) < 4.78 is 11.2. The molecule has 21 heavy (non-hydrogen) atoms. The summed E-state index contributed by atoms with van der Waals surface area (Å²) in [5.41, 5.74) is 6.59. The third-order valence-electron chi connectivity index (χ3n) is 2.74. The number of ether oxygens (including phenoxy) is 2. The van der Waals surface area contributed by atoms with Crippen molar-refractivity contribution in [3.05, 3.63) is 57.0 Å². The van der Waals surface area contributed by atoms with Crippen LogP contribution in [0.25, 0.3) is 0 Å². The summed E-state index contributed by atoms with van der Waals surface area (Å²) in [6.07, 6.45) is 0. The molecule has 2 aromatic rings. The van der Waals surface area contributed by atoms with E-state index in [-0.39, 0.29) is 0 Å². The van der Waals surface area contributed by atoms with Crippen molar-refractivity contribution in [3.8, 4) is 11.5 Å². The fourth-order valence-corrected chi connectivity index (χ4v) is 2.70. The molecule has 0 heterocycles. The summed E-state index contributed by atoms with van der Waals surface area (Å²) in [5, 5.41) is 1.20. The summed E-state index contributed by atoms with van der Waals surface area (Å²) in [5.74, 6) is 1.15. The van der Waals surface area contributed by atoms with Gasteiger partial charge in [0.05, 0.1) is 10.0 Å². The van der Waals surface area contributed by atoms with Crippen LogP contribution in [0.15, 0.2) is 36.4 Å². The van der Waals surface area contributed by atoms with E-state index in [9.17, 15) is 0 Å². The molecule has 0 spiro atoms. The van der Waals surface area contributed by atoms with Crippen molar-refractivity contribution in [2.45, 2.75) is 6.54 Å². The van der Waals surface area contributed by atoms with E-state index in [0.717, 1.165) is 11.3 Å². The highest BCUT2D eigenvalue weighted by molar-refractivity contribution is 6.40. The smallest absolute Gasteiger partial charge is 0.156 e. The Balaban J connectivity index is 1.91. The summed E-state index contributed by atoms with van der Waals surface area (Å²) in [7, 11) is 0. The Kier molecular flexibility index (Phi) is 6.00. The van der Waals surface area contributed by atoms with Crippen molar-refractivity contribution < 1.29 is 9.47 Å². The summed E-state index contributed by atoms with van der Waals surface area (Å²) in [6.45, 7) is 1.08. The van der Waals surface area contributed by atoms with Crippen LogP contribution >= 0.6 is 34.8 Å². The van der Waals surface area contributed by atoms with Crippen LogP contribution in [-0.4, -0.2) is 13.2 Å². The number of hydrogen-bond donors (Lipinski definition) is 1.